The van der Waals surface area contributed by atoms with Gasteiger partial charge >= 0.3 is 5.97 Å². The molecule has 1 aromatic carbocycles. The highest BCUT2D eigenvalue weighted by atomic mass is 127. The Morgan fingerprint density at radius 2 is 2.29 bits per heavy atom. The van der Waals surface area contributed by atoms with Crippen LogP contribution in [0.3, 0.4) is 0 Å². The predicted molar refractivity (Wildman–Crippen MR) is 62.5 cm³/mol. The third-order valence-electron chi connectivity index (χ3n) is 1.66. The molecule has 0 atom stereocenters. The van der Waals surface area contributed by atoms with Crippen LogP contribution in [0.5, 0.6) is 0 Å². The molecule has 1 N–H and O–H groups in total. The van der Waals surface area contributed by atoms with Gasteiger partial charge in [0.15, 0.2) is 0 Å². The number of carboxylic acid groups (broad SMARTS) is 1. The minimum absolute atomic E-state index is 0.107. The Hall–Kier alpha value is -0.740. The number of hydrogen-bond donors (Lipinski definition) is 2. The molecule has 0 aliphatic heterocycles. The lowest BCUT2D eigenvalue weighted by Crippen LogP contribution is -2.02. The van der Waals surface area contributed by atoms with Gasteiger partial charge in [-0.15, -0.1) is 12.6 Å². The van der Waals surface area contributed by atoms with Crippen LogP contribution in [0.2, 0.25) is 0 Å². The summed E-state index contributed by atoms with van der Waals surface area (Å²) in [5, 5.41) is 17.4. The number of benzene rings is 1. The van der Waals surface area contributed by atoms with Crippen LogP contribution in [0.4, 0.5) is 0 Å². The van der Waals surface area contributed by atoms with Crippen molar-refractivity contribution in [2.75, 3.05) is 0 Å². The Balaban J connectivity index is 3.23. The molecule has 0 spiro atoms. The lowest BCUT2D eigenvalue weighted by Gasteiger charge is -2.05. The van der Waals surface area contributed by atoms with Crippen molar-refractivity contribution in [2.24, 2.45) is 0 Å². The third kappa shape index (κ3) is 2.39. The number of hydrogen-bond acceptors (Lipinski definition) is 3. The average molecular weight is 319 g/mol. The Morgan fingerprint density at radius 1 is 1.64 bits per heavy atom. The van der Waals surface area contributed by atoms with E-state index in [1.807, 2.05) is 28.7 Å². The third-order valence-corrected chi connectivity index (χ3v) is 3.07. The number of halogens is 1. The van der Waals surface area contributed by atoms with Crippen LogP contribution in [0.15, 0.2) is 17.0 Å². The molecular weight excluding hydrogens is 313 g/mol. The summed E-state index contributed by atoms with van der Waals surface area (Å²) in [6, 6.07) is 5.40. The van der Waals surface area contributed by atoms with Crippen LogP contribution in [0, 0.1) is 14.9 Å². The molecule has 1 aromatic rings. The van der Waals surface area contributed by atoms with E-state index in [0.717, 1.165) is 3.57 Å². The van der Waals surface area contributed by atoms with Crippen molar-refractivity contribution >= 4 is 41.2 Å². The van der Waals surface area contributed by atoms with Crippen molar-refractivity contribution in [3.63, 3.8) is 0 Å². The molecule has 0 fully saturated rings. The molecule has 0 radical (unpaired) electrons. The highest BCUT2D eigenvalue weighted by Gasteiger charge is 2.10. The zero-order valence-corrected chi connectivity index (χ0v) is 10.0. The Bertz CT molecular complexity index is 426. The fraction of sp³-hybridized carbons (Fsp3) is 0.111. The van der Waals surface area contributed by atoms with Crippen molar-refractivity contribution in [1.29, 1.82) is 5.26 Å². The number of rotatable bonds is 2. The zero-order valence-electron chi connectivity index (χ0n) is 6.99. The maximum absolute atomic E-state index is 10.5. The summed E-state index contributed by atoms with van der Waals surface area (Å²) in [6.45, 7) is 0. The second-order valence-corrected chi connectivity index (χ2v) is 4.22. The van der Waals surface area contributed by atoms with Crippen molar-refractivity contribution in [3.8, 4) is 6.07 Å². The maximum atomic E-state index is 10.5. The van der Waals surface area contributed by atoms with Gasteiger partial charge in [0.2, 0.25) is 0 Å². The monoisotopic (exact) mass is 319 g/mol. The Labute approximate surface area is 100 Å². The summed E-state index contributed by atoms with van der Waals surface area (Å²) in [4.78, 5) is 10.9. The molecule has 0 unspecified atom stereocenters. The highest BCUT2D eigenvalue weighted by molar-refractivity contribution is 14.1. The number of aliphatic carboxylic acids is 1. The molecule has 0 amide bonds. The van der Waals surface area contributed by atoms with Gasteiger partial charge in [0, 0.05) is 8.47 Å². The molecule has 0 saturated heterocycles. The van der Waals surface area contributed by atoms with Gasteiger partial charge in [-0.25, -0.2) is 0 Å². The molecule has 72 valence electrons. The van der Waals surface area contributed by atoms with Crippen molar-refractivity contribution in [3.05, 3.63) is 26.8 Å². The average Bonchev–Trinajstić information content (AvgIpc) is 2.10. The van der Waals surface area contributed by atoms with Gasteiger partial charge in [-0.3, -0.25) is 4.79 Å². The minimum Gasteiger partial charge on any atom is -0.481 e. The molecule has 0 saturated carbocycles. The maximum Gasteiger partial charge on any atom is 0.307 e. The van der Waals surface area contributed by atoms with Crippen LogP contribution < -0.4 is 0 Å². The first-order valence-electron chi connectivity index (χ1n) is 3.68. The van der Waals surface area contributed by atoms with Crippen LogP contribution in [0.1, 0.15) is 11.1 Å². The van der Waals surface area contributed by atoms with E-state index in [9.17, 15) is 4.79 Å². The van der Waals surface area contributed by atoms with Gasteiger partial charge in [0.25, 0.3) is 0 Å². The molecule has 0 heterocycles. The smallest absolute Gasteiger partial charge is 0.307 e. The summed E-state index contributed by atoms with van der Waals surface area (Å²) >= 11 is 6.16. The fourth-order valence-corrected chi connectivity index (χ4v) is 2.13. The standard InChI is InChI=1S/C9H6INO2S/c10-7-2-1-5(3-8(12)13)9(14)6(7)4-11/h1-2,14H,3H2,(H,12,13). The highest BCUT2D eigenvalue weighted by Crippen LogP contribution is 2.24. The summed E-state index contributed by atoms with van der Waals surface area (Å²) in [6.07, 6.45) is -0.107. The zero-order chi connectivity index (χ0) is 10.7. The summed E-state index contributed by atoms with van der Waals surface area (Å²) in [5.41, 5.74) is 1.01. The van der Waals surface area contributed by atoms with E-state index < -0.39 is 5.97 Å². The van der Waals surface area contributed by atoms with E-state index >= 15 is 0 Å². The van der Waals surface area contributed by atoms with E-state index in [2.05, 4.69) is 12.6 Å². The van der Waals surface area contributed by atoms with Gasteiger partial charge in [0.1, 0.15) is 6.07 Å². The number of nitriles is 1. The lowest BCUT2D eigenvalue weighted by molar-refractivity contribution is -0.136. The van der Waals surface area contributed by atoms with Crippen LogP contribution in [-0.4, -0.2) is 11.1 Å². The van der Waals surface area contributed by atoms with Gasteiger partial charge < -0.3 is 5.11 Å². The largest absolute Gasteiger partial charge is 0.481 e. The minimum atomic E-state index is -0.926. The van der Waals surface area contributed by atoms with E-state index in [4.69, 9.17) is 10.4 Å². The second kappa shape index (κ2) is 4.66. The molecule has 1 rings (SSSR count). The molecule has 0 aromatic heterocycles. The van der Waals surface area contributed by atoms with Crippen LogP contribution in [0.25, 0.3) is 0 Å². The van der Waals surface area contributed by atoms with Gasteiger partial charge in [0.05, 0.1) is 12.0 Å². The quantitative estimate of drug-likeness (QED) is 0.648. The molecule has 14 heavy (non-hydrogen) atoms. The predicted octanol–water partition coefficient (Wildman–Crippen LogP) is 2.08. The van der Waals surface area contributed by atoms with Crippen molar-refractivity contribution in [1.82, 2.24) is 0 Å². The fourth-order valence-electron chi connectivity index (χ4n) is 1.02. The number of carbonyl (C=O) groups is 1. The first-order chi connectivity index (χ1) is 6.56. The van der Waals surface area contributed by atoms with E-state index in [1.54, 1.807) is 12.1 Å². The molecule has 0 aliphatic rings. The van der Waals surface area contributed by atoms with Gasteiger partial charge in [-0.05, 0) is 34.2 Å². The molecule has 0 bridgehead atoms. The normalized spacial score (nSPS) is 9.50. The first kappa shape index (κ1) is 11.3. The number of thiol groups is 1. The van der Waals surface area contributed by atoms with E-state index in [-0.39, 0.29) is 6.42 Å². The molecule has 5 heteroatoms. The molecule has 3 nitrogen and oxygen atoms in total. The first-order valence-corrected chi connectivity index (χ1v) is 5.21. The van der Waals surface area contributed by atoms with Gasteiger partial charge in [-0.2, -0.15) is 5.26 Å². The van der Waals surface area contributed by atoms with Crippen molar-refractivity contribution < 1.29 is 9.90 Å². The second-order valence-electron chi connectivity index (χ2n) is 2.61. The topological polar surface area (TPSA) is 61.1 Å². The number of nitrogens with zero attached hydrogens (tertiary/aromatic N) is 1. The van der Waals surface area contributed by atoms with Crippen molar-refractivity contribution in [2.45, 2.75) is 11.3 Å². The number of carboxylic acids is 1. The summed E-state index contributed by atoms with van der Waals surface area (Å²) in [5.74, 6) is -0.926. The van der Waals surface area contributed by atoms with E-state index in [1.165, 1.54) is 0 Å². The summed E-state index contributed by atoms with van der Waals surface area (Å²) in [7, 11) is 0. The molecule has 0 aliphatic carbocycles. The lowest BCUT2D eigenvalue weighted by atomic mass is 10.1. The molecular formula is C9H6INO2S. The van der Waals surface area contributed by atoms with Crippen LogP contribution >= 0.6 is 35.2 Å². The Morgan fingerprint density at radius 3 is 2.79 bits per heavy atom. The summed E-state index contributed by atoms with van der Waals surface area (Å²) < 4.78 is 0.782. The van der Waals surface area contributed by atoms with Gasteiger partial charge in [-0.1, -0.05) is 6.07 Å². The Kier molecular flexibility index (Phi) is 3.77. The SMILES string of the molecule is N#Cc1c(I)ccc(CC(=O)O)c1S. The van der Waals surface area contributed by atoms with E-state index in [0.29, 0.717) is 16.0 Å². The van der Waals surface area contributed by atoms with Crippen LogP contribution in [-0.2, 0) is 11.2 Å².